The number of carbonyl (C=O) groups is 2. The summed E-state index contributed by atoms with van der Waals surface area (Å²) in [6.45, 7) is 0.218. The third-order valence-electron chi connectivity index (χ3n) is 4.50. The normalized spacial score (nSPS) is 10.8. The summed E-state index contributed by atoms with van der Waals surface area (Å²) in [6, 6.07) is 14.4. The number of benzene rings is 1. The van der Waals surface area contributed by atoms with Crippen molar-refractivity contribution in [3.63, 3.8) is 0 Å². The topological polar surface area (TPSA) is 128 Å². The molecule has 10 heteroatoms. The fraction of sp³-hybridized carbons (Fsp3) is 0.136. The minimum absolute atomic E-state index is 0.0180. The highest BCUT2D eigenvalue weighted by atomic mass is 16.5. The maximum absolute atomic E-state index is 12.1. The molecule has 10 nitrogen and oxygen atoms in total. The Kier molecular flexibility index (Phi) is 6.04. The first-order valence-electron chi connectivity index (χ1n) is 9.59. The Morgan fingerprint density at radius 1 is 1.16 bits per heavy atom. The summed E-state index contributed by atoms with van der Waals surface area (Å²) in [4.78, 5) is 31.9. The minimum Gasteiger partial charge on any atom is -0.480 e. The molecule has 0 atom stereocenters. The summed E-state index contributed by atoms with van der Waals surface area (Å²) in [6.07, 6.45) is 3.03. The molecule has 1 aromatic carbocycles. The van der Waals surface area contributed by atoms with E-state index < -0.39 is 5.97 Å². The van der Waals surface area contributed by atoms with E-state index in [-0.39, 0.29) is 24.0 Å². The van der Waals surface area contributed by atoms with Crippen LogP contribution in [0.1, 0.15) is 15.9 Å². The number of aromatic carboxylic acids is 1. The zero-order valence-electron chi connectivity index (χ0n) is 17.1. The molecule has 0 saturated carbocycles. The highest BCUT2D eigenvalue weighted by Crippen LogP contribution is 2.23. The van der Waals surface area contributed by atoms with Gasteiger partial charge in [-0.15, -0.1) is 0 Å². The summed E-state index contributed by atoms with van der Waals surface area (Å²) in [5.41, 5.74) is 2.40. The van der Waals surface area contributed by atoms with E-state index in [1.54, 1.807) is 18.3 Å². The van der Waals surface area contributed by atoms with Crippen molar-refractivity contribution >= 4 is 23.3 Å². The third kappa shape index (κ3) is 4.71. The predicted molar refractivity (Wildman–Crippen MR) is 114 cm³/mol. The molecule has 162 valence electrons. The second-order valence-electron chi connectivity index (χ2n) is 6.76. The fourth-order valence-electron chi connectivity index (χ4n) is 3.02. The first-order valence-corrected chi connectivity index (χ1v) is 9.59. The Labute approximate surface area is 182 Å². The van der Waals surface area contributed by atoms with Gasteiger partial charge in [0, 0.05) is 11.8 Å². The number of carboxylic acids is 1. The molecule has 0 bridgehead atoms. The van der Waals surface area contributed by atoms with Crippen molar-refractivity contribution in [1.29, 1.82) is 0 Å². The molecule has 0 aliphatic carbocycles. The maximum Gasteiger partial charge on any atom is 0.341 e. The molecular formula is C22H19N5O5. The lowest BCUT2D eigenvalue weighted by molar-refractivity contribution is -0.121. The number of imidazole rings is 1. The fourth-order valence-corrected chi connectivity index (χ4v) is 3.02. The van der Waals surface area contributed by atoms with Gasteiger partial charge in [0.2, 0.25) is 5.88 Å². The average molecular weight is 433 g/mol. The van der Waals surface area contributed by atoms with Crippen LogP contribution in [0.3, 0.4) is 0 Å². The number of nitrogens with zero attached hydrogens (tertiary/aromatic N) is 4. The van der Waals surface area contributed by atoms with Crippen molar-refractivity contribution in [3.05, 3.63) is 72.1 Å². The van der Waals surface area contributed by atoms with Crippen LogP contribution in [0, 0.1) is 0 Å². The van der Waals surface area contributed by atoms with Gasteiger partial charge < -0.3 is 19.9 Å². The van der Waals surface area contributed by atoms with Gasteiger partial charge in [0.15, 0.2) is 11.5 Å². The van der Waals surface area contributed by atoms with Crippen molar-refractivity contribution in [2.24, 2.45) is 0 Å². The lowest BCUT2D eigenvalue weighted by Crippen LogP contribution is -2.18. The minimum atomic E-state index is -1.15. The highest BCUT2D eigenvalue weighted by molar-refractivity contribution is 5.92. The molecule has 3 heterocycles. The lowest BCUT2D eigenvalue weighted by Gasteiger charge is -2.06. The molecule has 4 aromatic rings. The van der Waals surface area contributed by atoms with E-state index in [0.717, 1.165) is 5.56 Å². The summed E-state index contributed by atoms with van der Waals surface area (Å²) < 4.78 is 11.9. The molecule has 32 heavy (non-hydrogen) atoms. The van der Waals surface area contributed by atoms with Gasteiger partial charge in [-0.1, -0.05) is 30.3 Å². The predicted octanol–water partition coefficient (Wildman–Crippen LogP) is 2.65. The second-order valence-corrected chi connectivity index (χ2v) is 6.76. The number of hydrogen-bond donors (Lipinski definition) is 2. The Hall–Kier alpha value is -4.31. The van der Waals surface area contributed by atoms with E-state index in [0.29, 0.717) is 29.3 Å². The maximum atomic E-state index is 12.1. The molecule has 0 saturated heterocycles. The van der Waals surface area contributed by atoms with Crippen molar-refractivity contribution < 1.29 is 24.2 Å². The zero-order chi connectivity index (χ0) is 22.5. The standard InChI is InChI=1S/C22H19N5O5/c1-31-21-16(22(29)30)9-15(10-23-21)17-7-8-19-24-18(11-27(19)26-17)25-20(28)13-32-12-14-5-3-2-4-6-14/h2-11H,12-13H2,1H3,(H,25,28)(H,29,30). The molecule has 0 spiro atoms. The van der Waals surface area contributed by atoms with E-state index in [1.165, 1.54) is 23.9 Å². The zero-order valence-corrected chi connectivity index (χ0v) is 17.1. The summed E-state index contributed by atoms with van der Waals surface area (Å²) in [7, 11) is 1.35. The summed E-state index contributed by atoms with van der Waals surface area (Å²) in [5.74, 6) is -1.15. The molecule has 0 radical (unpaired) electrons. The van der Waals surface area contributed by atoms with Crippen LogP contribution >= 0.6 is 0 Å². The number of ether oxygens (including phenoxy) is 2. The number of carboxylic acid groups (broad SMARTS) is 1. The van der Waals surface area contributed by atoms with Gasteiger partial charge in [-0.3, -0.25) is 4.79 Å². The number of nitrogens with one attached hydrogen (secondary N) is 1. The van der Waals surface area contributed by atoms with Crippen LogP contribution in [-0.2, 0) is 16.1 Å². The van der Waals surface area contributed by atoms with Gasteiger partial charge in [0.05, 0.1) is 25.6 Å². The number of rotatable bonds is 8. The molecule has 0 aliphatic heterocycles. The third-order valence-corrected chi connectivity index (χ3v) is 4.50. The van der Waals surface area contributed by atoms with Crippen molar-refractivity contribution in [3.8, 4) is 17.1 Å². The number of pyridine rings is 1. The van der Waals surface area contributed by atoms with Crippen molar-refractivity contribution in [2.75, 3.05) is 19.0 Å². The Morgan fingerprint density at radius 3 is 2.72 bits per heavy atom. The summed E-state index contributed by atoms with van der Waals surface area (Å²) >= 11 is 0. The van der Waals surface area contributed by atoms with E-state index in [4.69, 9.17) is 9.47 Å². The number of fused-ring (bicyclic) bond motifs is 1. The summed E-state index contributed by atoms with van der Waals surface area (Å²) in [5, 5.41) is 16.4. The molecule has 0 fully saturated rings. The first-order chi connectivity index (χ1) is 15.5. The van der Waals surface area contributed by atoms with Gasteiger partial charge in [-0.25, -0.2) is 19.3 Å². The van der Waals surface area contributed by atoms with Gasteiger partial charge in [-0.05, 0) is 23.8 Å². The van der Waals surface area contributed by atoms with Crippen LogP contribution in [0.25, 0.3) is 16.9 Å². The Balaban J connectivity index is 1.45. The van der Waals surface area contributed by atoms with Crippen LogP contribution < -0.4 is 10.1 Å². The SMILES string of the molecule is COc1ncc(-c2ccc3nc(NC(=O)COCc4ccccc4)cn3n2)cc1C(=O)O. The van der Waals surface area contributed by atoms with Crippen molar-refractivity contribution in [2.45, 2.75) is 6.61 Å². The largest absolute Gasteiger partial charge is 0.480 e. The number of anilines is 1. The molecular weight excluding hydrogens is 414 g/mol. The molecule has 1 amide bonds. The number of amides is 1. The van der Waals surface area contributed by atoms with Gasteiger partial charge >= 0.3 is 5.97 Å². The monoisotopic (exact) mass is 433 g/mol. The van der Waals surface area contributed by atoms with E-state index in [9.17, 15) is 14.7 Å². The smallest absolute Gasteiger partial charge is 0.341 e. The number of hydrogen-bond acceptors (Lipinski definition) is 7. The Bertz CT molecular complexity index is 1270. The van der Waals surface area contributed by atoms with Crippen LogP contribution in [0.4, 0.5) is 5.82 Å². The first kappa shape index (κ1) is 20.9. The van der Waals surface area contributed by atoms with Crippen molar-refractivity contribution in [1.82, 2.24) is 19.6 Å². The number of methoxy groups -OCH3 is 1. The Morgan fingerprint density at radius 2 is 1.97 bits per heavy atom. The van der Waals surface area contributed by atoms with Crippen LogP contribution in [-0.4, -0.2) is 50.3 Å². The molecule has 3 aromatic heterocycles. The molecule has 0 aliphatic rings. The number of carbonyl (C=O) groups excluding carboxylic acids is 1. The van der Waals surface area contributed by atoms with Gasteiger partial charge in [0.25, 0.3) is 5.91 Å². The van der Waals surface area contributed by atoms with E-state index in [1.807, 2.05) is 30.3 Å². The van der Waals surface area contributed by atoms with Gasteiger partial charge in [-0.2, -0.15) is 5.10 Å². The van der Waals surface area contributed by atoms with Crippen LogP contribution in [0.5, 0.6) is 5.88 Å². The lowest BCUT2D eigenvalue weighted by atomic mass is 10.1. The highest BCUT2D eigenvalue weighted by Gasteiger charge is 2.15. The molecule has 4 rings (SSSR count). The average Bonchev–Trinajstić information content (AvgIpc) is 3.20. The molecule has 0 unspecified atom stereocenters. The second kappa shape index (κ2) is 9.23. The van der Waals surface area contributed by atoms with E-state index >= 15 is 0 Å². The van der Waals surface area contributed by atoms with Crippen LogP contribution in [0.2, 0.25) is 0 Å². The van der Waals surface area contributed by atoms with E-state index in [2.05, 4.69) is 20.4 Å². The number of aromatic nitrogens is 4. The van der Waals surface area contributed by atoms with Gasteiger partial charge in [0.1, 0.15) is 12.2 Å². The molecule has 2 N–H and O–H groups in total. The van der Waals surface area contributed by atoms with Crippen LogP contribution in [0.15, 0.2) is 60.9 Å². The quantitative estimate of drug-likeness (QED) is 0.434.